The maximum absolute atomic E-state index is 12.0. The van der Waals surface area contributed by atoms with Gasteiger partial charge in [-0.1, -0.05) is 13.3 Å². The Balaban J connectivity index is 1.83. The number of amides is 1. The van der Waals surface area contributed by atoms with E-state index in [1.54, 1.807) is 0 Å². The van der Waals surface area contributed by atoms with Gasteiger partial charge >= 0.3 is 0 Å². The van der Waals surface area contributed by atoms with Crippen LogP contribution in [0.3, 0.4) is 0 Å². The van der Waals surface area contributed by atoms with Crippen molar-refractivity contribution in [3.05, 3.63) is 30.1 Å². The molecule has 0 aliphatic carbocycles. The molecule has 0 spiro atoms. The third-order valence-corrected chi connectivity index (χ3v) is 4.15. The highest BCUT2D eigenvalue weighted by molar-refractivity contribution is 5.76. The van der Waals surface area contributed by atoms with Crippen LogP contribution in [0.5, 0.6) is 0 Å². The molecule has 0 N–H and O–H groups in total. The van der Waals surface area contributed by atoms with Crippen LogP contribution in [0.4, 0.5) is 0 Å². The van der Waals surface area contributed by atoms with Gasteiger partial charge in [0.05, 0.1) is 0 Å². The summed E-state index contributed by atoms with van der Waals surface area (Å²) in [6, 6.07) is 4.54. The second-order valence-corrected chi connectivity index (χ2v) is 5.48. The Labute approximate surface area is 121 Å². The lowest BCUT2D eigenvalue weighted by molar-refractivity contribution is -0.133. The molecule has 110 valence electrons. The maximum atomic E-state index is 12.0. The quantitative estimate of drug-likeness (QED) is 0.828. The lowest BCUT2D eigenvalue weighted by atomic mass is 10.1. The van der Waals surface area contributed by atoms with Crippen molar-refractivity contribution >= 4 is 5.91 Å². The average molecular weight is 275 g/mol. The highest BCUT2D eigenvalue weighted by Gasteiger charge is 2.24. The number of rotatable bonds is 5. The van der Waals surface area contributed by atoms with Gasteiger partial charge in [-0.05, 0) is 31.0 Å². The van der Waals surface area contributed by atoms with Gasteiger partial charge in [0.15, 0.2) is 0 Å². The summed E-state index contributed by atoms with van der Waals surface area (Å²) in [7, 11) is 0. The summed E-state index contributed by atoms with van der Waals surface area (Å²) >= 11 is 0. The second kappa shape index (κ2) is 7.39. The zero-order valence-corrected chi connectivity index (χ0v) is 12.6. The van der Waals surface area contributed by atoms with Crippen LogP contribution in [-0.4, -0.2) is 46.9 Å². The SMILES string of the molecule is CCCCC(=O)N1CCN(C(C)c2ccncc2)CC1. The molecule has 1 saturated heterocycles. The lowest BCUT2D eigenvalue weighted by Crippen LogP contribution is -2.49. The Morgan fingerprint density at radius 3 is 2.50 bits per heavy atom. The summed E-state index contributed by atoms with van der Waals surface area (Å²) in [6.45, 7) is 7.99. The fourth-order valence-electron chi connectivity index (χ4n) is 2.70. The van der Waals surface area contributed by atoms with Crippen molar-refractivity contribution in [1.82, 2.24) is 14.8 Å². The van der Waals surface area contributed by atoms with E-state index in [0.29, 0.717) is 18.4 Å². The average Bonchev–Trinajstić information content (AvgIpc) is 2.53. The molecule has 4 nitrogen and oxygen atoms in total. The molecule has 2 rings (SSSR count). The first-order chi connectivity index (χ1) is 9.72. The molecule has 0 aromatic carbocycles. The van der Waals surface area contributed by atoms with Crippen molar-refractivity contribution in [3.8, 4) is 0 Å². The minimum Gasteiger partial charge on any atom is -0.340 e. The van der Waals surface area contributed by atoms with Gasteiger partial charge in [0, 0.05) is 51.0 Å². The molecular formula is C16H25N3O. The summed E-state index contributed by atoms with van der Waals surface area (Å²) in [5.41, 5.74) is 1.30. The van der Waals surface area contributed by atoms with Crippen molar-refractivity contribution in [2.75, 3.05) is 26.2 Å². The molecule has 4 heteroatoms. The molecule has 2 heterocycles. The summed E-state index contributed by atoms with van der Waals surface area (Å²) in [4.78, 5) is 20.5. The van der Waals surface area contributed by atoms with Crippen molar-refractivity contribution in [2.24, 2.45) is 0 Å². The zero-order chi connectivity index (χ0) is 14.4. The number of hydrogen-bond acceptors (Lipinski definition) is 3. The molecule has 1 amide bonds. The largest absolute Gasteiger partial charge is 0.340 e. The molecule has 1 aliphatic rings. The van der Waals surface area contributed by atoms with E-state index in [0.717, 1.165) is 39.0 Å². The van der Waals surface area contributed by atoms with E-state index in [1.807, 2.05) is 17.3 Å². The van der Waals surface area contributed by atoms with Crippen LogP contribution in [0.25, 0.3) is 0 Å². The topological polar surface area (TPSA) is 36.4 Å². The van der Waals surface area contributed by atoms with E-state index in [-0.39, 0.29) is 0 Å². The van der Waals surface area contributed by atoms with E-state index in [2.05, 4.69) is 35.9 Å². The molecule has 20 heavy (non-hydrogen) atoms. The number of pyridine rings is 1. The smallest absolute Gasteiger partial charge is 0.222 e. The number of piperazine rings is 1. The summed E-state index contributed by atoms with van der Waals surface area (Å²) in [6.07, 6.45) is 6.49. The maximum Gasteiger partial charge on any atom is 0.222 e. The van der Waals surface area contributed by atoms with Gasteiger partial charge in [-0.3, -0.25) is 14.7 Å². The monoisotopic (exact) mass is 275 g/mol. The molecule has 1 fully saturated rings. The number of nitrogens with zero attached hydrogens (tertiary/aromatic N) is 3. The van der Waals surface area contributed by atoms with Crippen molar-refractivity contribution in [1.29, 1.82) is 0 Å². The van der Waals surface area contributed by atoms with Gasteiger partial charge in [0.1, 0.15) is 0 Å². The molecule has 1 unspecified atom stereocenters. The summed E-state index contributed by atoms with van der Waals surface area (Å²) in [5, 5.41) is 0. The Kier molecular flexibility index (Phi) is 5.53. The predicted molar refractivity (Wildman–Crippen MR) is 80.3 cm³/mol. The van der Waals surface area contributed by atoms with Crippen molar-refractivity contribution < 1.29 is 4.79 Å². The van der Waals surface area contributed by atoms with Crippen LogP contribution >= 0.6 is 0 Å². The Morgan fingerprint density at radius 1 is 1.25 bits per heavy atom. The van der Waals surface area contributed by atoms with Crippen LogP contribution in [0.1, 0.15) is 44.7 Å². The van der Waals surface area contributed by atoms with E-state index in [4.69, 9.17) is 0 Å². The summed E-state index contributed by atoms with van der Waals surface area (Å²) in [5.74, 6) is 0.322. The highest BCUT2D eigenvalue weighted by Crippen LogP contribution is 2.21. The fraction of sp³-hybridized carbons (Fsp3) is 0.625. The first kappa shape index (κ1) is 15.0. The van der Waals surface area contributed by atoms with Gasteiger partial charge in [0.2, 0.25) is 5.91 Å². The third kappa shape index (κ3) is 3.79. The molecule has 1 aliphatic heterocycles. The molecule has 0 saturated carbocycles. The van der Waals surface area contributed by atoms with Gasteiger partial charge in [0.25, 0.3) is 0 Å². The summed E-state index contributed by atoms with van der Waals surface area (Å²) < 4.78 is 0. The van der Waals surface area contributed by atoms with Gasteiger partial charge in [-0.15, -0.1) is 0 Å². The van der Waals surface area contributed by atoms with Crippen LogP contribution in [0, 0.1) is 0 Å². The minimum absolute atomic E-state index is 0.322. The molecule has 1 aromatic heterocycles. The van der Waals surface area contributed by atoms with Crippen molar-refractivity contribution in [2.45, 2.75) is 39.2 Å². The molecule has 1 aromatic rings. The lowest BCUT2D eigenvalue weighted by Gasteiger charge is -2.38. The van der Waals surface area contributed by atoms with Crippen LogP contribution in [-0.2, 0) is 4.79 Å². The Hall–Kier alpha value is -1.42. The molecule has 0 radical (unpaired) electrons. The first-order valence-corrected chi connectivity index (χ1v) is 7.64. The van der Waals surface area contributed by atoms with Gasteiger partial charge < -0.3 is 4.90 Å². The number of unbranched alkanes of at least 4 members (excludes halogenated alkanes) is 1. The van der Waals surface area contributed by atoms with Crippen molar-refractivity contribution in [3.63, 3.8) is 0 Å². The first-order valence-electron chi connectivity index (χ1n) is 7.64. The number of aromatic nitrogens is 1. The normalized spacial score (nSPS) is 18.0. The number of hydrogen-bond donors (Lipinski definition) is 0. The zero-order valence-electron chi connectivity index (χ0n) is 12.6. The van der Waals surface area contributed by atoms with E-state index < -0.39 is 0 Å². The van der Waals surface area contributed by atoms with E-state index in [9.17, 15) is 4.79 Å². The van der Waals surface area contributed by atoms with Crippen LogP contribution in [0.15, 0.2) is 24.5 Å². The van der Waals surface area contributed by atoms with E-state index in [1.165, 1.54) is 5.56 Å². The highest BCUT2D eigenvalue weighted by atomic mass is 16.2. The van der Waals surface area contributed by atoms with Gasteiger partial charge in [-0.2, -0.15) is 0 Å². The Bertz CT molecular complexity index is 413. The third-order valence-electron chi connectivity index (χ3n) is 4.15. The number of carbonyl (C=O) groups is 1. The molecule has 0 bridgehead atoms. The standard InChI is InChI=1S/C16H25N3O/c1-3-4-5-16(20)19-12-10-18(11-13-19)14(2)15-6-8-17-9-7-15/h6-9,14H,3-5,10-13H2,1-2H3. The van der Waals surface area contributed by atoms with Crippen LogP contribution < -0.4 is 0 Å². The second-order valence-electron chi connectivity index (χ2n) is 5.48. The Morgan fingerprint density at radius 2 is 1.90 bits per heavy atom. The predicted octanol–water partition coefficient (Wildman–Crippen LogP) is 2.48. The fourth-order valence-corrected chi connectivity index (χ4v) is 2.70. The molecular weight excluding hydrogens is 250 g/mol. The number of carbonyl (C=O) groups excluding carboxylic acids is 1. The van der Waals surface area contributed by atoms with Gasteiger partial charge in [-0.25, -0.2) is 0 Å². The van der Waals surface area contributed by atoms with E-state index >= 15 is 0 Å². The van der Waals surface area contributed by atoms with Crippen LogP contribution in [0.2, 0.25) is 0 Å². The molecule has 1 atom stereocenters. The minimum atomic E-state index is 0.322.